The van der Waals surface area contributed by atoms with Gasteiger partial charge in [0.15, 0.2) is 0 Å². The molecular weight excluding hydrogens is 256 g/mol. The lowest BCUT2D eigenvalue weighted by atomic mass is 10.3. The zero-order valence-corrected chi connectivity index (χ0v) is 11.8. The van der Waals surface area contributed by atoms with Gasteiger partial charge in [0.1, 0.15) is 0 Å². The van der Waals surface area contributed by atoms with Gasteiger partial charge in [0, 0.05) is 39.8 Å². The molecule has 7 nitrogen and oxygen atoms in total. The van der Waals surface area contributed by atoms with Gasteiger partial charge in [-0.2, -0.15) is 12.7 Å². The minimum Gasteiger partial charge on any atom is -0.339 e. The monoisotopic (exact) mass is 278 g/mol. The van der Waals surface area contributed by atoms with Crippen LogP contribution in [-0.2, 0) is 15.0 Å². The molecule has 106 valence electrons. The Morgan fingerprint density at radius 2 is 2.00 bits per heavy atom. The van der Waals surface area contributed by atoms with Crippen LogP contribution in [0.4, 0.5) is 0 Å². The number of amides is 1. The molecule has 2 N–H and O–H groups in total. The lowest BCUT2D eigenvalue weighted by molar-refractivity contribution is -0.131. The van der Waals surface area contributed by atoms with Crippen LogP contribution in [-0.4, -0.2) is 69.8 Å². The van der Waals surface area contributed by atoms with Crippen LogP contribution in [0.3, 0.4) is 0 Å². The first kappa shape index (κ1) is 15.4. The van der Waals surface area contributed by atoms with E-state index in [-0.39, 0.29) is 12.5 Å². The normalized spacial score (nSPS) is 17.2. The van der Waals surface area contributed by atoms with E-state index in [9.17, 15) is 13.2 Å². The third-order valence-corrected chi connectivity index (χ3v) is 4.29. The van der Waals surface area contributed by atoms with Gasteiger partial charge >= 0.3 is 0 Å². The van der Waals surface area contributed by atoms with Gasteiger partial charge in [-0.25, -0.2) is 4.72 Å². The Hall–Kier alpha value is -0.700. The van der Waals surface area contributed by atoms with Gasteiger partial charge in [0.2, 0.25) is 5.91 Å². The Bertz CT molecular complexity index is 365. The summed E-state index contributed by atoms with van der Waals surface area (Å²) in [6.07, 6.45) is 0.721. The number of carbonyl (C=O) groups excluding carboxylic acids is 1. The van der Waals surface area contributed by atoms with Crippen LogP contribution in [0.1, 0.15) is 13.3 Å². The quantitative estimate of drug-likeness (QED) is 0.626. The van der Waals surface area contributed by atoms with Crippen molar-refractivity contribution in [1.29, 1.82) is 0 Å². The Morgan fingerprint density at radius 3 is 2.56 bits per heavy atom. The summed E-state index contributed by atoms with van der Waals surface area (Å²) in [6.45, 7) is 4.94. The van der Waals surface area contributed by atoms with E-state index in [1.165, 1.54) is 7.05 Å². The molecule has 0 unspecified atom stereocenters. The fourth-order valence-electron chi connectivity index (χ4n) is 1.63. The van der Waals surface area contributed by atoms with Crippen molar-refractivity contribution < 1.29 is 13.2 Å². The second-order valence-electron chi connectivity index (χ2n) is 4.29. The second kappa shape index (κ2) is 7.03. The third kappa shape index (κ3) is 4.52. The summed E-state index contributed by atoms with van der Waals surface area (Å²) in [5, 5.41) is 3.14. The molecule has 0 aromatic rings. The molecule has 0 aromatic carbocycles. The molecule has 1 aliphatic rings. The van der Waals surface area contributed by atoms with E-state index in [2.05, 4.69) is 10.0 Å². The molecule has 0 aromatic heterocycles. The van der Waals surface area contributed by atoms with Crippen LogP contribution in [0.15, 0.2) is 0 Å². The summed E-state index contributed by atoms with van der Waals surface area (Å²) in [6, 6.07) is 0. The highest BCUT2D eigenvalue weighted by molar-refractivity contribution is 7.87. The molecule has 1 fully saturated rings. The van der Waals surface area contributed by atoms with Gasteiger partial charge in [0.05, 0.1) is 6.54 Å². The Kier molecular flexibility index (Phi) is 6.00. The number of piperazine rings is 1. The second-order valence-corrected chi connectivity index (χ2v) is 6.15. The maximum absolute atomic E-state index is 11.9. The molecule has 0 bridgehead atoms. The van der Waals surface area contributed by atoms with E-state index in [0.717, 1.165) is 23.8 Å². The first-order valence-electron chi connectivity index (χ1n) is 6.16. The summed E-state index contributed by atoms with van der Waals surface area (Å²) in [7, 11) is -2.12. The minimum atomic E-state index is -3.54. The molecule has 0 atom stereocenters. The van der Waals surface area contributed by atoms with Crippen LogP contribution in [0, 0.1) is 0 Å². The number of nitrogens with one attached hydrogen (secondary N) is 2. The maximum atomic E-state index is 11.9. The maximum Gasteiger partial charge on any atom is 0.279 e. The molecule has 8 heteroatoms. The van der Waals surface area contributed by atoms with Crippen molar-refractivity contribution >= 4 is 16.1 Å². The highest BCUT2D eigenvalue weighted by Crippen LogP contribution is 1.99. The lowest BCUT2D eigenvalue weighted by Crippen LogP contribution is -2.51. The molecule has 0 saturated carbocycles. The summed E-state index contributed by atoms with van der Waals surface area (Å²) < 4.78 is 27.0. The minimum absolute atomic E-state index is 0.112. The van der Waals surface area contributed by atoms with Crippen LogP contribution < -0.4 is 10.0 Å². The van der Waals surface area contributed by atoms with Crippen molar-refractivity contribution in [2.45, 2.75) is 13.3 Å². The van der Waals surface area contributed by atoms with Gasteiger partial charge in [-0.05, 0) is 6.42 Å². The van der Waals surface area contributed by atoms with Crippen LogP contribution >= 0.6 is 0 Å². The first-order valence-corrected chi connectivity index (χ1v) is 7.61. The molecule has 0 spiro atoms. The molecular formula is C10H22N4O3S. The molecule has 0 radical (unpaired) electrons. The molecule has 1 aliphatic heterocycles. The Labute approximate surface area is 109 Å². The first-order chi connectivity index (χ1) is 8.47. The van der Waals surface area contributed by atoms with Gasteiger partial charge in [-0.1, -0.05) is 6.92 Å². The van der Waals surface area contributed by atoms with E-state index in [1.54, 1.807) is 4.90 Å². The number of hydrogen-bond donors (Lipinski definition) is 2. The smallest absolute Gasteiger partial charge is 0.279 e. The fraction of sp³-hybridized carbons (Fsp3) is 0.900. The largest absolute Gasteiger partial charge is 0.339 e. The predicted molar refractivity (Wildman–Crippen MR) is 69.3 cm³/mol. The number of rotatable bonds is 6. The van der Waals surface area contributed by atoms with Crippen molar-refractivity contribution in [2.24, 2.45) is 0 Å². The third-order valence-electron chi connectivity index (χ3n) is 2.77. The van der Waals surface area contributed by atoms with Crippen LogP contribution in [0.2, 0.25) is 0 Å². The highest BCUT2D eigenvalue weighted by atomic mass is 32.2. The average Bonchev–Trinajstić information content (AvgIpc) is 2.37. The van der Waals surface area contributed by atoms with Crippen LogP contribution in [0.25, 0.3) is 0 Å². The SMILES string of the molecule is CCCNS(=O)(=O)N(C)CC(=O)N1CCNCC1. The highest BCUT2D eigenvalue weighted by Gasteiger charge is 2.23. The van der Waals surface area contributed by atoms with Gasteiger partial charge in [-0.15, -0.1) is 0 Å². The summed E-state index contributed by atoms with van der Waals surface area (Å²) in [5.74, 6) is -0.152. The molecule has 1 amide bonds. The summed E-state index contributed by atoms with van der Waals surface area (Å²) in [4.78, 5) is 13.6. The summed E-state index contributed by atoms with van der Waals surface area (Å²) >= 11 is 0. The standard InChI is InChI=1S/C10H22N4O3S/c1-3-4-12-18(16,17)13(2)9-10(15)14-7-5-11-6-8-14/h11-12H,3-9H2,1-2H3. The zero-order chi connectivity index (χ0) is 13.6. The Morgan fingerprint density at radius 1 is 1.39 bits per heavy atom. The van der Waals surface area contributed by atoms with Crippen molar-refractivity contribution in [1.82, 2.24) is 19.2 Å². The molecule has 1 rings (SSSR count). The number of carbonyl (C=O) groups is 1. The average molecular weight is 278 g/mol. The van der Waals surface area contributed by atoms with Crippen molar-refractivity contribution in [2.75, 3.05) is 46.3 Å². The lowest BCUT2D eigenvalue weighted by Gasteiger charge is -2.29. The fourth-order valence-corrected chi connectivity index (χ4v) is 2.59. The van der Waals surface area contributed by atoms with E-state index in [1.807, 2.05) is 6.92 Å². The number of nitrogens with zero attached hydrogens (tertiary/aromatic N) is 2. The van der Waals surface area contributed by atoms with E-state index in [4.69, 9.17) is 0 Å². The molecule has 18 heavy (non-hydrogen) atoms. The van der Waals surface area contributed by atoms with Crippen molar-refractivity contribution in [3.63, 3.8) is 0 Å². The van der Waals surface area contributed by atoms with Crippen LogP contribution in [0.5, 0.6) is 0 Å². The van der Waals surface area contributed by atoms with E-state index >= 15 is 0 Å². The molecule has 0 aliphatic carbocycles. The predicted octanol–water partition coefficient (Wildman–Crippen LogP) is -1.41. The van der Waals surface area contributed by atoms with Gasteiger partial charge < -0.3 is 10.2 Å². The van der Waals surface area contributed by atoms with Gasteiger partial charge in [0.25, 0.3) is 10.2 Å². The Balaban J connectivity index is 2.47. The molecule has 1 heterocycles. The zero-order valence-electron chi connectivity index (χ0n) is 11.0. The van der Waals surface area contributed by atoms with E-state index in [0.29, 0.717) is 19.6 Å². The topological polar surface area (TPSA) is 81.8 Å². The molecule has 1 saturated heterocycles. The van der Waals surface area contributed by atoms with Crippen molar-refractivity contribution in [3.05, 3.63) is 0 Å². The number of likely N-dealkylation sites (N-methyl/N-ethyl adjacent to an activating group) is 1. The van der Waals surface area contributed by atoms with Gasteiger partial charge in [-0.3, -0.25) is 4.79 Å². The number of hydrogen-bond acceptors (Lipinski definition) is 4. The van der Waals surface area contributed by atoms with Crippen molar-refractivity contribution in [3.8, 4) is 0 Å². The van der Waals surface area contributed by atoms with E-state index < -0.39 is 10.2 Å². The summed E-state index contributed by atoms with van der Waals surface area (Å²) in [5.41, 5.74) is 0.